The smallest absolute Gasteiger partial charge is 0.136 e. The first-order valence-corrected chi connectivity index (χ1v) is 7.65. The summed E-state index contributed by atoms with van der Waals surface area (Å²) < 4.78 is 0. The van der Waals surface area contributed by atoms with Crippen molar-refractivity contribution < 1.29 is 0 Å². The van der Waals surface area contributed by atoms with E-state index in [-0.39, 0.29) is 0 Å². The van der Waals surface area contributed by atoms with Crippen molar-refractivity contribution in [1.82, 2.24) is 14.9 Å². The number of likely N-dealkylation sites (tertiary alicyclic amines) is 1. The summed E-state index contributed by atoms with van der Waals surface area (Å²) in [6.07, 6.45) is 4.91. The van der Waals surface area contributed by atoms with Crippen molar-refractivity contribution >= 4 is 11.6 Å². The second kappa shape index (κ2) is 5.56. The van der Waals surface area contributed by atoms with Crippen molar-refractivity contribution in [1.29, 1.82) is 0 Å². The number of hydrogen-bond acceptors (Lipinski definition) is 5. The van der Waals surface area contributed by atoms with Gasteiger partial charge in [-0.15, -0.1) is 0 Å². The van der Waals surface area contributed by atoms with E-state index in [9.17, 15) is 0 Å². The standard InChI is InChI=1S/C15H25N5/c1-16-13-10-14(18-15(17-13)11-4-5-11)20(3)12-6-8-19(2)9-7-12/h10-12H,4-9H2,1-3H3,(H,16,17,18). The molecular weight excluding hydrogens is 250 g/mol. The first kappa shape index (κ1) is 13.6. The average Bonchev–Trinajstić information content (AvgIpc) is 3.31. The maximum atomic E-state index is 4.80. The molecule has 1 aliphatic heterocycles. The van der Waals surface area contributed by atoms with E-state index < -0.39 is 0 Å². The van der Waals surface area contributed by atoms with Gasteiger partial charge in [-0.3, -0.25) is 0 Å². The summed E-state index contributed by atoms with van der Waals surface area (Å²) in [5, 5.41) is 3.17. The lowest BCUT2D eigenvalue weighted by molar-refractivity contribution is 0.252. The van der Waals surface area contributed by atoms with Crippen LogP contribution in [0.25, 0.3) is 0 Å². The van der Waals surface area contributed by atoms with Gasteiger partial charge in [-0.05, 0) is 45.8 Å². The number of nitrogens with zero attached hydrogens (tertiary/aromatic N) is 4. The van der Waals surface area contributed by atoms with E-state index in [1.54, 1.807) is 0 Å². The lowest BCUT2D eigenvalue weighted by Gasteiger charge is -2.35. The summed E-state index contributed by atoms with van der Waals surface area (Å²) in [4.78, 5) is 14.1. The molecule has 2 fully saturated rings. The van der Waals surface area contributed by atoms with Crippen LogP contribution in [-0.2, 0) is 0 Å². The first-order valence-electron chi connectivity index (χ1n) is 7.65. The molecule has 1 aromatic rings. The van der Waals surface area contributed by atoms with Gasteiger partial charge in [0.1, 0.15) is 17.5 Å². The minimum atomic E-state index is 0.591. The number of rotatable bonds is 4. The molecule has 0 unspecified atom stereocenters. The molecule has 0 atom stereocenters. The maximum absolute atomic E-state index is 4.80. The molecule has 2 aliphatic rings. The molecule has 1 aliphatic carbocycles. The Morgan fingerprint density at radius 3 is 2.50 bits per heavy atom. The fourth-order valence-corrected chi connectivity index (χ4v) is 2.85. The Labute approximate surface area is 121 Å². The molecule has 1 aromatic heterocycles. The Kier molecular flexibility index (Phi) is 3.78. The second-order valence-electron chi connectivity index (χ2n) is 6.14. The van der Waals surface area contributed by atoms with Crippen LogP contribution in [0.2, 0.25) is 0 Å². The normalized spacial score (nSPS) is 20.9. The molecule has 0 radical (unpaired) electrons. The van der Waals surface area contributed by atoms with Crippen LogP contribution in [0.1, 0.15) is 37.4 Å². The van der Waals surface area contributed by atoms with Crippen molar-refractivity contribution in [3.63, 3.8) is 0 Å². The monoisotopic (exact) mass is 275 g/mol. The summed E-state index contributed by atoms with van der Waals surface area (Å²) in [6.45, 7) is 2.35. The van der Waals surface area contributed by atoms with Crippen molar-refractivity contribution in [2.24, 2.45) is 0 Å². The zero-order valence-corrected chi connectivity index (χ0v) is 12.8. The van der Waals surface area contributed by atoms with Gasteiger partial charge >= 0.3 is 0 Å². The molecule has 0 bridgehead atoms. The third-order valence-corrected chi connectivity index (χ3v) is 4.53. The Balaban J connectivity index is 1.79. The quantitative estimate of drug-likeness (QED) is 0.909. The van der Waals surface area contributed by atoms with Crippen LogP contribution in [0.4, 0.5) is 11.6 Å². The summed E-state index contributed by atoms with van der Waals surface area (Å²) in [7, 11) is 6.30. The number of hydrogen-bond donors (Lipinski definition) is 1. The van der Waals surface area contributed by atoms with Gasteiger partial charge in [-0.1, -0.05) is 0 Å². The molecule has 0 aromatic carbocycles. The second-order valence-corrected chi connectivity index (χ2v) is 6.14. The molecule has 5 heteroatoms. The SMILES string of the molecule is CNc1cc(N(C)C2CCN(C)CC2)nc(C2CC2)n1. The fourth-order valence-electron chi connectivity index (χ4n) is 2.85. The fraction of sp³-hybridized carbons (Fsp3) is 0.733. The molecule has 0 amide bonds. The maximum Gasteiger partial charge on any atom is 0.136 e. The highest BCUT2D eigenvalue weighted by Gasteiger charge is 2.29. The lowest BCUT2D eigenvalue weighted by atomic mass is 10.0. The Hall–Kier alpha value is -1.36. The largest absolute Gasteiger partial charge is 0.373 e. The minimum absolute atomic E-state index is 0.591. The number of nitrogens with one attached hydrogen (secondary N) is 1. The number of aromatic nitrogens is 2. The van der Waals surface area contributed by atoms with Gasteiger partial charge in [0.25, 0.3) is 0 Å². The zero-order chi connectivity index (χ0) is 14.1. The highest BCUT2D eigenvalue weighted by Crippen LogP contribution is 2.39. The van der Waals surface area contributed by atoms with Crippen LogP contribution in [-0.4, -0.2) is 55.1 Å². The van der Waals surface area contributed by atoms with Crippen LogP contribution >= 0.6 is 0 Å². The molecule has 20 heavy (non-hydrogen) atoms. The topological polar surface area (TPSA) is 44.3 Å². The molecular formula is C15H25N5. The van der Waals surface area contributed by atoms with Crippen molar-refractivity contribution in [2.75, 3.05) is 44.4 Å². The highest BCUT2D eigenvalue weighted by molar-refractivity contribution is 5.50. The minimum Gasteiger partial charge on any atom is -0.373 e. The highest BCUT2D eigenvalue weighted by atomic mass is 15.2. The van der Waals surface area contributed by atoms with E-state index in [0.29, 0.717) is 12.0 Å². The Morgan fingerprint density at radius 2 is 1.90 bits per heavy atom. The molecule has 0 spiro atoms. The predicted octanol–water partition coefficient (Wildman–Crippen LogP) is 1.93. The average molecular weight is 275 g/mol. The lowest BCUT2D eigenvalue weighted by Crippen LogP contribution is -2.42. The zero-order valence-electron chi connectivity index (χ0n) is 12.8. The summed E-state index contributed by atoms with van der Waals surface area (Å²) in [5.41, 5.74) is 0. The van der Waals surface area contributed by atoms with Crippen molar-refractivity contribution in [3.8, 4) is 0 Å². The number of anilines is 2. The van der Waals surface area contributed by atoms with Gasteiger partial charge in [-0.25, -0.2) is 9.97 Å². The van der Waals surface area contributed by atoms with E-state index in [2.05, 4.69) is 40.3 Å². The molecule has 1 saturated heterocycles. The molecule has 1 N–H and O–H groups in total. The van der Waals surface area contributed by atoms with Crippen LogP contribution in [0.15, 0.2) is 6.07 Å². The number of piperidine rings is 1. The predicted molar refractivity (Wildman–Crippen MR) is 82.5 cm³/mol. The van der Waals surface area contributed by atoms with E-state index in [1.165, 1.54) is 38.8 Å². The van der Waals surface area contributed by atoms with Gasteiger partial charge in [0.2, 0.25) is 0 Å². The van der Waals surface area contributed by atoms with E-state index in [4.69, 9.17) is 4.98 Å². The molecule has 2 heterocycles. The van der Waals surface area contributed by atoms with Gasteiger partial charge < -0.3 is 15.1 Å². The van der Waals surface area contributed by atoms with Crippen LogP contribution in [0, 0.1) is 0 Å². The van der Waals surface area contributed by atoms with Crippen LogP contribution in [0.5, 0.6) is 0 Å². The Morgan fingerprint density at radius 1 is 1.20 bits per heavy atom. The van der Waals surface area contributed by atoms with Gasteiger partial charge in [0.15, 0.2) is 0 Å². The van der Waals surface area contributed by atoms with Gasteiger partial charge in [-0.2, -0.15) is 0 Å². The Bertz CT molecular complexity index is 463. The van der Waals surface area contributed by atoms with Crippen LogP contribution in [0.3, 0.4) is 0 Å². The van der Waals surface area contributed by atoms with Crippen molar-refractivity contribution in [3.05, 3.63) is 11.9 Å². The first-order chi connectivity index (χ1) is 9.67. The summed E-state index contributed by atoms with van der Waals surface area (Å²) in [5.74, 6) is 3.62. The third kappa shape index (κ3) is 2.87. The summed E-state index contributed by atoms with van der Waals surface area (Å²) >= 11 is 0. The van der Waals surface area contributed by atoms with Gasteiger partial charge in [0, 0.05) is 32.1 Å². The molecule has 110 valence electrons. The molecule has 3 rings (SSSR count). The van der Waals surface area contributed by atoms with E-state index in [0.717, 1.165) is 17.5 Å². The van der Waals surface area contributed by atoms with Crippen molar-refractivity contribution in [2.45, 2.75) is 37.6 Å². The van der Waals surface area contributed by atoms with E-state index in [1.807, 2.05) is 7.05 Å². The van der Waals surface area contributed by atoms with Gasteiger partial charge in [0.05, 0.1) is 0 Å². The molecule has 1 saturated carbocycles. The third-order valence-electron chi connectivity index (χ3n) is 4.53. The van der Waals surface area contributed by atoms with E-state index >= 15 is 0 Å². The molecule has 5 nitrogen and oxygen atoms in total. The summed E-state index contributed by atoms with van der Waals surface area (Å²) in [6, 6.07) is 2.67. The van der Waals surface area contributed by atoms with Crippen LogP contribution < -0.4 is 10.2 Å².